The van der Waals surface area contributed by atoms with Crippen LogP contribution in [0.15, 0.2) is 12.1 Å². The zero-order chi connectivity index (χ0) is 14.8. The Morgan fingerprint density at radius 3 is 2.05 bits per heavy atom. The number of aryl methyl sites for hydroxylation is 2. The van der Waals surface area contributed by atoms with E-state index in [-0.39, 0.29) is 0 Å². The Balaban J connectivity index is 3.02. The van der Waals surface area contributed by atoms with Crippen LogP contribution in [0.25, 0.3) is 0 Å². The molecule has 0 spiro atoms. The van der Waals surface area contributed by atoms with Crippen molar-refractivity contribution in [2.75, 3.05) is 12.4 Å². The number of benzene rings is 1. The van der Waals surface area contributed by atoms with Gasteiger partial charge in [-0.15, -0.1) is 0 Å². The molecular weight excluding hydrogens is 246 g/mol. The summed E-state index contributed by atoms with van der Waals surface area (Å²) in [4.78, 5) is 22.9. The van der Waals surface area contributed by atoms with Crippen LogP contribution in [0.4, 0.5) is 5.69 Å². The molecule has 0 unspecified atom stereocenters. The highest BCUT2D eigenvalue weighted by Crippen LogP contribution is 2.28. The van der Waals surface area contributed by atoms with Gasteiger partial charge in [-0.1, -0.05) is 0 Å². The average molecular weight is 265 g/mol. The molecule has 0 aliphatic rings. The molecule has 19 heavy (non-hydrogen) atoms. The quantitative estimate of drug-likeness (QED) is 0.819. The van der Waals surface area contributed by atoms with Gasteiger partial charge in [0.05, 0.1) is 7.11 Å². The molecule has 104 valence electrons. The topological polar surface area (TPSA) is 75.6 Å². The number of aliphatic carboxylic acids is 1. The second-order valence-electron chi connectivity index (χ2n) is 5.03. The predicted octanol–water partition coefficient (Wildman–Crippen LogP) is 2.36. The standard InChI is InChI=1S/C14H19NO4/c1-8-6-10(7-9(2)11(8)19-5)15-12(16)14(3,4)13(17)18/h6-7H,1-5H3,(H,15,16)(H,17,18). The Morgan fingerprint density at radius 2 is 1.68 bits per heavy atom. The summed E-state index contributed by atoms with van der Waals surface area (Å²) in [6.45, 7) is 6.47. The molecule has 1 aromatic carbocycles. The molecule has 0 radical (unpaired) electrons. The van der Waals surface area contributed by atoms with E-state index in [0.717, 1.165) is 16.9 Å². The average Bonchev–Trinajstić information content (AvgIpc) is 2.28. The fraction of sp³-hybridized carbons (Fsp3) is 0.429. The number of hydrogen-bond donors (Lipinski definition) is 2. The molecular formula is C14H19NO4. The summed E-state index contributed by atoms with van der Waals surface area (Å²) in [7, 11) is 1.58. The lowest BCUT2D eigenvalue weighted by Crippen LogP contribution is -2.37. The Morgan fingerprint density at radius 1 is 1.21 bits per heavy atom. The van der Waals surface area contributed by atoms with E-state index in [4.69, 9.17) is 9.84 Å². The van der Waals surface area contributed by atoms with Gasteiger partial charge >= 0.3 is 5.97 Å². The number of carboxylic acid groups (broad SMARTS) is 1. The summed E-state index contributed by atoms with van der Waals surface area (Å²) in [5.41, 5.74) is 0.855. The molecule has 0 heterocycles. The number of nitrogens with one attached hydrogen (secondary N) is 1. The maximum atomic E-state index is 11.9. The maximum Gasteiger partial charge on any atom is 0.318 e. The number of rotatable bonds is 4. The van der Waals surface area contributed by atoms with Crippen LogP contribution in [0.2, 0.25) is 0 Å². The van der Waals surface area contributed by atoms with Gasteiger partial charge in [-0.2, -0.15) is 0 Å². The summed E-state index contributed by atoms with van der Waals surface area (Å²) in [5, 5.41) is 11.6. The number of ether oxygens (including phenoxy) is 1. The second kappa shape index (κ2) is 5.30. The molecule has 0 aromatic heterocycles. The van der Waals surface area contributed by atoms with Gasteiger partial charge in [-0.3, -0.25) is 9.59 Å². The molecule has 1 aromatic rings. The molecule has 1 amide bonds. The highest BCUT2D eigenvalue weighted by molar-refractivity contribution is 6.07. The van der Waals surface area contributed by atoms with Gasteiger partial charge in [0, 0.05) is 5.69 Å². The van der Waals surface area contributed by atoms with Crippen LogP contribution in [0, 0.1) is 19.3 Å². The molecule has 0 saturated heterocycles. The lowest BCUT2D eigenvalue weighted by Gasteiger charge is -2.19. The first kappa shape index (κ1) is 15.0. The molecule has 5 nitrogen and oxygen atoms in total. The fourth-order valence-corrected chi connectivity index (χ4v) is 1.73. The van der Waals surface area contributed by atoms with Gasteiger partial charge in [0.1, 0.15) is 11.2 Å². The third kappa shape index (κ3) is 3.05. The van der Waals surface area contributed by atoms with Crippen molar-refractivity contribution in [3.8, 4) is 5.75 Å². The third-order valence-electron chi connectivity index (χ3n) is 3.02. The van der Waals surface area contributed by atoms with Crippen molar-refractivity contribution in [2.24, 2.45) is 5.41 Å². The highest BCUT2D eigenvalue weighted by Gasteiger charge is 2.36. The number of carbonyl (C=O) groups excluding carboxylic acids is 1. The normalized spacial score (nSPS) is 11.0. The van der Waals surface area contributed by atoms with Crippen molar-refractivity contribution >= 4 is 17.6 Å². The van der Waals surface area contributed by atoms with Crippen molar-refractivity contribution in [3.63, 3.8) is 0 Å². The Hall–Kier alpha value is -2.04. The van der Waals surface area contributed by atoms with Gasteiger partial charge < -0.3 is 15.2 Å². The number of carbonyl (C=O) groups is 2. The zero-order valence-electron chi connectivity index (χ0n) is 11.8. The monoisotopic (exact) mass is 265 g/mol. The fourth-order valence-electron chi connectivity index (χ4n) is 1.73. The predicted molar refractivity (Wildman–Crippen MR) is 72.5 cm³/mol. The molecule has 0 atom stereocenters. The summed E-state index contributed by atoms with van der Waals surface area (Å²) >= 11 is 0. The van der Waals surface area contributed by atoms with Crippen LogP contribution < -0.4 is 10.1 Å². The summed E-state index contributed by atoms with van der Waals surface area (Å²) in [6, 6.07) is 3.50. The minimum Gasteiger partial charge on any atom is -0.496 e. The smallest absolute Gasteiger partial charge is 0.318 e. The Labute approximate surface area is 112 Å². The van der Waals surface area contributed by atoms with E-state index in [1.54, 1.807) is 19.2 Å². The van der Waals surface area contributed by atoms with Crippen molar-refractivity contribution in [2.45, 2.75) is 27.7 Å². The first-order valence-electron chi connectivity index (χ1n) is 5.90. The Bertz CT molecular complexity index is 497. The van der Waals surface area contributed by atoms with Crippen LogP contribution in [-0.2, 0) is 9.59 Å². The molecule has 5 heteroatoms. The van der Waals surface area contributed by atoms with Crippen LogP contribution in [0.3, 0.4) is 0 Å². The SMILES string of the molecule is COc1c(C)cc(NC(=O)C(C)(C)C(=O)O)cc1C. The Kier molecular flexibility index (Phi) is 4.19. The van der Waals surface area contributed by atoms with Crippen molar-refractivity contribution < 1.29 is 19.4 Å². The van der Waals surface area contributed by atoms with Crippen LogP contribution in [-0.4, -0.2) is 24.1 Å². The van der Waals surface area contributed by atoms with E-state index in [0.29, 0.717) is 5.69 Å². The number of methoxy groups -OCH3 is 1. The lowest BCUT2D eigenvalue weighted by atomic mass is 9.92. The van der Waals surface area contributed by atoms with Crippen molar-refractivity contribution in [1.29, 1.82) is 0 Å². The number of amides is 1. The van der Waals surface area contributed by atoms with E-state index in [9.17, 15) is 9.59 Å². The first-order chi connectivity index (χ1) is 8.70. The lowest BCUT2D eigenvalue weighted by molar-refractivity contribution is -0.151. The van der Waals surface area contributed by atoms with Gasteiger partial charge in [-0.05, 0) is 51.0 Å². The largest absolute Gasteiger partial charge is 0.496 e. The minimum atomic E-state index is -1.47. The molecule has 0 aliphatic heterocycles. The van der Waals surface area contributed by atoms with Gasteiger partial charge in [0.15, 0.2) is 0 Å². The van der Waals surface area contributed by atoms with Crippen molar-refractivity contribution in [1.82, 2.24) is 0 Å². The summed E-state index contributed by atoms with van der Waals surface area (Å²) < 4.78 is 5.23. The van der Waals surface area contributed by atoms with E-state index < -0.39 is 17.3 Å². The minimum absolute atomic E-state index is 0.552. The molecule has 0 fully saturated rings. The zero-order valence-corrected chi connectivity index (χ0v) is 11.8. The van der Waals surface area contributed by atoms with Crippen LogP contribution >= 0.6 is 0 Å². The highest BCUT2D eigenvalue weighted by atomic mass is 16.5. The second-order valence-corrected chi connectivity index (χ2v) is 5.03. The van der Waals surface area contributed by atoms with Gasteiger partial charge in [0.2, 0.25) is 5.91 Å². The van der Waals surface area contributed by atoms with E-state index in [1.165, 1.54) is 13.8 Å². The molecule has 0 saturated carbocycles. The molecule has 1 rings (SSSR count). The van der Waals surface area contributed by atoms with E-state index in [2.05, 4.69) is 5.32 Å². The number of carboxylic acids is 1. The maximum absolute atomic E-state index is 11.9. The van der Waals surface area contributed by atoms with Gasteiger partial charge in [-0.25, -0.2) is 0 Å². The van der Waals surface area contributed by atoms with Crippen LogP contribution in [0.5, 0.6) is 5.75 Å². The van der Waals surface area contributed by atoms with Crippen LogP contribution in [0.1, 0.15) is 25.0 Å². The van der Waals surface area contributed by atoms with E-state index in [1.807, 2.05) is 13.8 Å². The molecule has 0 bridgehead atoms. The third-order valence-corrected chi connectivity index (χ3v) is 3.02. The number of anilines is 1. The first-order valence-corrected chi connectivity index (χ1v) is 5.90. The molecule has 0 aliphatic carbocycles. The summed E-state index contributed by atoms with van der Waals surface area (Å²) in [6.07, 6.45) is 0. The summed E-state index contributed by atoms with van der Waals surface area (Å²) in [5.74, 6) is -0.952. The van der Waals surface area contributed by atoms with Crippen molar-refractivity contribution in [3.05, 3.63) is 23.3 Å². The molecule has 2 N–H and O–H groups in total. The van der Waals surface area contributed by atoms with E-state index >= 15 is 0 Å². The number of hydrogen-bond acceptors (Lipinski definition) is 3. The van der Waals surface area contributed by atoms with Gasteiger partial charge in [0.25, 0.3) is 0 Å².